The van der Waals surface area contributed by atoms with Crippen molar-refractivity contribution in [2.45, 2.75) is 6.54 Å². The van der Waals surface area contributed by atoms with Gasteiger partial charge in [0, 0.05) is 36.9 Å². The fourth-order valence-corrected chi connectivity index (χ4v) is 3.69. The number of allylic oxidation sites excluding steroid dienone is 1. The van der Waals surface area contributed by atoms with Crippen LogP contribution < -0.4 is 17.0 Å². The summed E-state index contributed by atoms with van der Waals surface area (Å²) in [7, 11) is 1.66. The van der Waals surface area contributed by atoms with Gasteiger partial charge < -0.3 is 11.5 Å². The third kappa shape index (κ3) is 3.74. The molecular formula is C22H20ClN7O. The molecule has 5 N–H and O–H groups in total. The van der Waals surface area contributed by atoms with Crippen molar-refractivity contribution in [2.24, 2.45) is 16.5 Å². The molecule has 31 heavy (non-hydrogen) atoms. The zero-order valence-corrected chi connectivity index (χ0v) is 17.5. The second-order valence-electron chi connectivity index (χ2n) is 6.73. The number of benzene rings is 2. The molecule has 2 aromatic carbocycles. The summed E-state index contributed by atoms with van der Waals surface area (Å²) < 4.78 is 1.69. The third-order valence-corrected chi connectivity index (χ3v) is 5.24. The van der Waals surface area contributed by atoms with Gasteiger partial charge in [-0.05, 0) is 29.8 Å². The summed E-state index contributed by atoms with van der Waals surface area (Å²) in [6, 6.07) is 15.0. The monoisotopic (exact) mass is 433 g/mol. The Morgan fingerprint density at radius 2 is 2.00 bits per heavy atom. The predicted molar refractivity (Wildman–Crippen MR) is 123 cm³/mol. The first-order chi connectivity index (χ1) is 15.1. The minimum absolute atomic E-state index is 0.183. The highest BCUT2D eigenvalue weighted by Gasteiger charge is 2.19. The Hall–Kier alpha value is -3.75. The Kier molecular flexibility index (Phi) is 5.66. The highest BCUT2D eigenvalue weighted by atomic mass is 35.5. The van der Waals surface area contributed by atoms with Gasteiger partial charge in [0.25, 0.3) is 5.56 Å². The minimum Gasteiger partial charge on any atom is -0.404 e. The molecule has 4 aromatic rings. The number of halogens is 1. The molecule has 2 heterocycles. The molecule has 4 rings (SSSR count). The number of hydrogen-bond donors (Lipinski definition) is 3. The van der Waals surface area contributed by atoms with Gasteiger partial charge in [-0.25, -0.2) is 9.78 Å². The molecule has 0 radical (unpaired) electrons. The number of hydrogen-bond acceptors (Lipinski definition) is 6. The van der Waals surface area contributed by atoms with Crippen LogP contribution in [0, 0.1) is 0 Å². The molecule has 0 fully saturated rings. The van der Waals surface area contributed by atoms with Crippen LogP contribution in [0.2, 0.25) is 5.15 Å². The molecule has 0 unspecified atom stereocenters. The number of aliphatic imine (C=N–C) groups is 1. The summed E-state index contributed by atoms with van der Waals surface area (Å²) in [6.07, 6.45) is 3.27. The van der Waals surface area contributed by atoms with Crippen LogP contribution >= 0.6 is 11.6 Å². The average molecular weight is 434 g/mol. The number of para-hydroxylation sites is 1. The normalized spacial score (nSPS) is 12.5. The molecule has 0 spiro atoms. The molecule has 0 amide bonds. The van der Waals surface area contributed by atoms with Gasteiger partial charge in [-0.15, -0.1) is 0 Å². The molecule has 0 aliphatic carbocycles. The van der Waals surface area contributed by atoms with Crippen molar-refractivity contribution in [3.05, 3.63) is 93.3 Å². The van der Waals surface area contributed by atoms with Gasteiger partial charge in [-0.2, -0.15) is 10.2 Å². The zero-order chi connectivity index (χ0) is 22.0. The van der Waals surface area contributed by atoms with Gasteiger partial charge in [0.2, 0.25) is 0 Å². The molecule has 156 valence electrons. The van der Waals surface area contributed by atoms with E-state index in [1.54, 1.807) is 23.9 Å². The number of nitrogens with two attached hydrogens (primary N) is 2. The maximum Gasteiger partial charge on any atom is 0.272 e. The van der Waals surface area contributed by atoms with E-state index in [1.807, 2.05) is 42.6 Å². The molecule has 0 saturated carbocycles. The van der Waals surface area contributed by atoms with Gasteiger partial charge in [0.15, 0.2) is 5.15 Å². The van der Waals surface area contributed by atoms with Crippen molar-refractivity contribution >= 4 is 33.7 Å². The van der Waals surface area contributed by atoms with E-state index in [-0.39, 0.29) is 12.1 Å². The Bertz CT molecular complexity index is 1370. The van der Waals surface area contributed by atoms with Crippen LogP contribution in [0.1, 0.15) is 16.8 Å². The van der Waals surface area contributed by atoms with Crippen LogP contribution in [0.25, 0.3) is 22.0 Å². The second kappa shape index (κ2) is 8.55. The lowest BCUT2D eigenvalue weighted by Crippen LogP contribution is -2.14. The smallest absolute Gasteiger partial charge is 0.272 e. The van der Waals surface area contributed by atoms with E-state index >= 15 is 0 Å². The lowest BCUT2D eigenvalue weighted by atomic mass is 9.96. The molecule has 0 saturated heterocycles. The summed E-state index contributed by atoms with van der Waals surface area (Å²) >= 11 is 6.47. The largest absolute Gasteiger partial charge is 0.404 e. The summed E-state index contributed by atoms with van der Waals surface area (Å²) in [5.74, 6) is 0. The predicted octanol–water partition coefficient (Wildman–Crippen LogP) is 2.64. The summed E-state index contributed by atoms with van der Waals surface area (Å²) in [5, 5.41) is 12.4. The maximum absolute atomic E-state index is 12.1. The van der Waals surface area contributed by atoms with Crippen LogP contribution in [0.15, 0.2) is 70.7 Å². The SMILES string of the molecule is CN=C(C(=CN)c1ccc2c(=O)[nH]nc(CN)c2c1)c1cn(-c2ccccc2)nc1Cl. The molecule has 0 atom stereocenters. The van der Waals surface area contributed by atoms with E-state index < -0.39 is 0 Å². The molecule has 2 aromatic heterocycles. The van der Waals surface area contributed by atoms with E-state index in [9.17, 15) is 4.79 Å². The van der Waals surface area contributed by atoms with E-state index in [1.165, 1.54) is 6.20 Å². The van der Waals surface area contributed by atoms with Gasteiger partial charge in [-0.3, -0.25) is 9.79 Å². The highest BCUT2D eigenvalue weighted by Crippen LogP contribution is 2.27. The Morgan fingerprint density at radius 3 is 2.68 bits per heavy atom. The van der Waals surface area contributed by atoms with Crippen molar-refractivity contribution in [3.8, 4) is 5.69 Å². The lowest BCUT2D eigenvalue weighted by molar-refractivity contribution is 0.881. The van der Waals surface area contributed by atoms with Crippen molar-refractivity contribution in [3.63, 3.8) is 0 Å². The van der Waals surface area contributed by atoms with Gasteiger partial charge >= 0.3 is 0 Å². The first-order valence-electron chi connectivity index (χ1n) is 9.49. The molecule has 9 heteroatoms. The molecule has 0 aliphatic rings. The fraction of sp³-hybridized carbons (Fsp3) is 0.0909. The number of nitrogens with zero attached hydrogens (tertiary/aromatic N) is 4. The van der Waals surface area contributed by atoms with Gasteiger partial charge in [-0.1, -0.05) is 35.9 Å². The van der Waals surface area contributed by atoms with E-state index in [4.69, 9.17) is 23.1 Å². The van der Waals surface area contributed by atoms with Crippen LogP contribution in [0.4, 0.5) is 0 Å². The van der Waals surface area contributed by atoms with E-state index in [0.29, 0.717) is 38.5 Å². The van der Waals surface area contributed by atoms with Crippen LogP contribution in [-0.2, 0) is 6.54 Å². The Balaban J connectivity index is 1.82. The number of aromatic amines is 1. The topological polar surface area (TPSA) is 128 Å². The van der Waals surface area contributed by atoms with Crippen molar-refractivity contribution in [1.29, 1.82) is 0 Å². The number of nitrogens with one attached hydrogen (secondary N) is 1. The van der Waals surface area contributed by atoms with Crippen LogP contribution in [0.3, 0.4) is 0 Å². The summed E-state index contributed by atoms with van der Waals surface area (Å²) in [4.78, 5) is 16.6. The Morgan fingerprint density at radius 1 is 1.23 bits per heavy atom. The zero-order valence-electron chi connectivity index (χ0n) is 16.7. The van der Waals surface area contributed by atoms with Crippen LogP contribution in [-0.4, -0.2) is 32.7 Å². The summed E-state index contributed by atoms with van der Waals surface area (Å²) in [5.41, 5.74) is 15.6. The van der Waals surface area contributed by atoms with E-state index in [2.05, 4.69) is 20.3 Å². The minimum atomic E-state index is -0.284. The first kappa shape index (κ1) is 20.5. The number of rotatable bonds is 5. The van der Waals surface area contributed by atoms with Crippen molar-refractivity contribution in [2.75, 3.05) is 7.05 Å². The molecule has 0 aliphatic heterocycles. The number of fused-ring (bicyclic) bond motifs is 1. The second-order valence-corrected chi connectivity index (χ2v) is 7.09. The molecule has 0 bridgehead atoms. The third-order valence-electron chi connectivity index (χ3n) is 4.96. The fourth-order valence-electron chi connectivity index (χ4n) is 3.47. The molecular weight excluding hydrogens is 414 g/mol. The highest BCUT2D eigenvalue weighted by molar-refractivity contribution is 6.39. The maximum atomic E-state index is 12.1. The molecule has 8 nitrogen and oxygen atoms in total. The lowest BCUT2D eigenvalue weighted by Gasteiger charge is -2.11. The Labute approximate surface area is 182 Å². The van der Waals surface area contributed by atoms with Crippen molar-refractivity contribution < 1.29 is 0 Å². The number of H-pyrrole nitrogens is 1. The van der Waals surface area contributed by atoms with Gasteiger partial charge in [0.1, 0.15) is 0 Å². The van der Waals surface area contributed by atoms with Crippen LogP contribution in [0.5, 0.6) is 0 Å². The van der Waals surface area contributed by atoms with Gasteiger partial charge in [0.05, 0.1) is 28.0 Å². The number of aromatic nitrogens is 4. The standard InChI is InChI=1S/C22H20ClN7O/c1-26-20(18-12-30(29-21(18)23)14-5-3-2-4-6-14)17(10-24)13-7-8-15-16(9-13)19(11-25)27-28-22(15)31/h2-10,12H,11,24-25H2,1H3,(H,28,31). The average Bonchev–Trinajstić information content (AvgIpc) is 3.19. The van der Waals surface area contributed by atoms with Crippen molar-refractivity contribution in [1.82, 2.24) is 20.0 Å². The van der Waals surface area contributed by atoms with E-state index in [0.717, 1.165) is 11.3 Å². The first-order valence-corrected chi connectivity index (χ1v) is 9.87. The quantitative estimate of drug-likeness (QED) is 0.417. The summed E-state index contributed by atoms with van der Waals surface area (Å²) in [6.45, 7) is 0.183.